The molecule has 0 atom stereocenters. The minimum atomic E-state index is 0.431. The van der Waals surface area contributed by atoms with Crippen LogP contribution in [0.5, 0.6) is 0 Å². The molecule has 0 aromatic carbocycles. The Hall–Kier alpha value is -1.14. The predicted molar refractivity (Wildman–Crippen MR) is 109 cm³/mol. The normalized spacial score (nSPS) is 20.1. The number of nitrogens with one attached hydrogen (secondary N) is 1. The van der Waals surface area contributed by atoms with E-state index in [2.05, 4.69) is 29.0 Å². The molecule has 1 N–H and O–H groups in total. The van der Waals surface area contributed by atoms with E-state index in [0.717, 1.165) is 62.4 Å². The van der Waals surface area contributed by atoms with E-state index in [4.69, 9.17) is 9.73 Å². The van der Waals surface area contributed by atoms with Gasteiger partial charge in [0, 0.05) is 37.3 Å². The van der Waals surface area contributed by atoms with Gasteiger partial charge in [0.25, 0.3) is 0 Å². The minimum absolute atomic E-state index is 0.431. The number of guanidine groups is 1. The molecule has 1 aromatic heterocycles. The highest BCUT2D eigenvalue weighted by atomic mass is 32.1. The van der Waals surface area contributed by atoms with Crippen molar-refractivity contribution in [1.29, 1.82) is 0 Å². The van der Waals surface area contributed by atoms with Gasteiger partial charge in [-0.3, -0.25) is 0 Å². The van der Waals surface area contributed by atoms with E-state index >= 15 is 0 Å². The smallest absolute Gasteiger partial charge is 0.194 e. The summed E-state index contributed by atoms with van der Waals surface area (Å²) in [4.78, 5) is 13.0. The lowest BCUT2D eigenvalue weighted by Gasteiger charge is -2.34. The maximum atomic E-state index is 6.20. The number of rotatable bonds is 7. The molecule has 2 fully saturated rings. The van der Waals surface area contributed by atoms with E-state index in [1.807, 2.05) is 6.20 Å². The highest BCUT2D eigenvalue weighted by Gasteiger charge is 2.24. The fourth-order valence-electron chi connectivity index (χ4n) is 3.84. The van der Waals surface area contributed by atoms with Crippen LogP contribution in [0.4, 0.5) is 0 Å². The van der Waals surface area contributed by atoms with Crippen molar-refractivity contribution in [3.05, 3.63) is 16.1 Å². The van der Waals surface area contributed by atoms with Crippen molar-refractivity contribution in [1.82, 2.24) is 15.2 Å². The molecule has 2 aliphatic rings. The van der Waals surface area contributed by atoms with Crippen LogP contribution in [-0.2, 0) is 17.7 Å². The van der Waals surface area contributed by atoms with Gasteiger partial charge in [0.2, 0.25) is 0 Å². The van der Waals surface area contributed by atoms with Gasteiger partial charge < -0.3 is 15.0 Å². The molecule has 0 amide bonds. The fourth-order valence-corrected chi connectivity index (χ4v) is 4.62. The van der Waals surface area contributed by atoms with Crippen molar-refractivity contribution in [2.75, 3.05) is 26.2 Å². The van der Waals surface area contributed by atoms with Crippen molar-refractivity contribution in [2.45, 2.75) is 71.4 Å². The second-order valence-electron chi connectivity index (χ2n) is 7.41. The Balaban J connectivity index is 1.46. The molecule has 0 radical (unpaired) electrons. The molecule has 1 saturated carbocycles. The zero-order chi connectivity index (χ0) is 18.2. The molecule has 1 saturated heterocycles. The lowest BCUT2D eigenvalue weighted by molar-refractivity contribution is 0.00101. The Morgan fingerprint density at radius 3 is 2.69 bits per heavy atom. The van der Waals surface area contributed by atoms with E-state index in [9.17, 15) is 0 Å². The summed E-state index contributed by atoms with van der Waals surface area (Å²) >= 11 is 1.77. The molecular formula is C20H34N4OS. The minimum Gasteiger partial charge on any atom is -0.378 e. The van der Waals surface area contributed by atoms with Crippen LogP contribution in [-0.4, -0.2) is 48.2 Å². The Kier molecular flexibility index (Phi) is 7.74. The zero-order valence-electron chi connectivity index (χ0n) is 16.4. The third-order valence-corrected chi connectivity index (χ3v) is 6.56. The summed E-state index contributed by atoms with van der Waals surface area (Å²) in [5.41, 5.74) is 0. The first kappa shape index (κ1) is 19.6. The molecule has 6 heteroatoms. The average molecular weight is 379 g/mol. The van der Waals surface area contributed by atoms with Crippen LogP contribution in [0.3, 0.4) is 0 Å². The number of aromatic nitrogens is 1. The maximum Gasteiger partial charge on any atom is 0.194 e. The van der Waals surface area contributed by atoms with Gasteiger partial charge in [0.15, 0.2) is 5.96 Å². The number of likely N-dealkylation sites (tertiary alicyclic amines) is 1. The lowest BCUT2D eigenvalue weighted by atomic mass is 10.1. The third-order valence-electron chi connectivity index (χ3n) is 5.43. The monoisotopic (exact) mass is 378 g/mol. The average Bonchev–Trinajstić information content (AvgIpc) is 3.35. The first-order valence-corrected chi connectivity index (χ1v) is 11.2. The second-order valence-corrected chi connectivity index (χ2v) is 8.61. The standard InChI is InChI=1S/C20H34N4OS/c1-3-18-13-22-19(26-18)14-23-20(21-4-2)24-11-9-17(10-12-24)25-15-16-7-5-6-8-16/h13,16-17H,3-12,14-15H2,1-2H3,(H,21,23). The number of ether oxygens (including phenoxy) is 1. The van der Waals surface area contributed by atoms with Crippen LogP contribution in [0.1, 0.15) is 62.3 Å². The molecule has 0 unspecified atom stereocenters. The highest BCUT2D eigenvalue weighted by Crippen LogP contribution is 2.26. The van der Waals surface area contributed by atoms with Gasteiger partial charge in [-0.1, -0.05) is 19.8 Å². The van der Waals surface area contributed by atoms with Crippen LogP contribution in [0.2, 0.25) is 0 Å². The summed E-state index contributed by atoms with van der Waals surface area (Å²) in [5.74, 6) is 1.84. The number of nitrogens with zero attached hydrogens (tertiary/aromatic N) is 3. The van der Waals surface area contributed by atoms with Crippen LogP contribution < -0.4 is 5.32 Å². The lowest BCUT2D eigenvalue weighted by Crippen LogP contribution is -2.47. The first-order chi connectivity index (χ1) is 12.8. The van der Waals surface area contributed by atoms with Gasteiger partial charge in [-0.15, -0.1) is 11.3 Å². The molecule has 1 aliphatic heterocycles. The van der Waals surface area contributed by atoms with Crippen LogP contribution in [0.25, 0.3) is 0 Å². The largest absolute Gasteiger partial charge is 0.378 e. The number of aryl methyl sites for hydroxylation is 1. The first-order valence-electron chi connectivity index (χ1n) is 10.4. The molecule has 2 heterocycles. The number of piperidine rings is 1. The van der Waals surface area contributed by atoms with E-state index in [1.54, 1.807) is 11.3 Å². The van der Waals surface area contributed by atoms with E-state index < -0.39 is 0 Å². The molecule has 146 valence electrons. The second kappa shape index (κ2) is 10.3. The van der Waals surface area contributed by atoms with Gasteiger partial charge in [0.1, 0.15) is 5.01 Å². The van der Waals surface area contributed by atoms with E-state index in [1.165, 1.54) is 30.6 Å². The maximum absolute atomic E-state index is 6.20. The van der Waals surface area contributed by atoms with Crippen LogP contribution in [0.15, 0.2) is 11.2 Å². The SMILES string of the molecule is CCNC(=NCc1ncc(CC)s1)N1CCC(OCC2CCCC2)CC1. The van der Waals surface area contributed by atoms with Gasteiger partial charge in [-0.2, -0.15) is 0 Å². The Morgan fingerprint density at radius 2 is 2.04 bits per heavy atom. The summed E-state index contributed by atoms with van der Waals surface area (Å²) in [6.07, 6.45) is 11.2. The number of hydrogen-bond donors (Lipinski definition) is 1. The highest BCUT2D eigenvalue weighted by molar-refractivity contribution is 7.11. The van der Waals surface area contributed by atoms with Gasteiger partial charge in [-0.25, -0.2) is 9.98 Å². The Morgan fingerprint density at radius 1 is 1.27 bits per heavy atom. The van der Waals surface area contributed by atoms with Crippen LogP contribution in [0, 0.1) is 5.92 Å². The number of hydrogen-bond acceptors (Lipinski definition) is 4. The molecule has 26 heavy (non-hydrogen) atoms. The molecule has 3 rings (SSSR count). The Bertz CT molecular complexity index is 560. The molecular weight excluding hydrogens is 344 g/mol. The fraction of sp³-hybridized carbons (Fsp3) is 0.800. The molecule has 1 aliphatic carbocycles. The number of thiazole rings is 1. The molecule has 0 spiro atoms. The third kappa shape index (κ3) is 5.68. The van der Waals surface area contributed by atoms with Gasteiger partial charge in [0.05, 0.1) is 12.6 Å². The number of aliphatic imine (C=N–C) groups is 1. The van der Waals surface area contributed by atoms with Crippen molar-refractivity contribution >= 4 is 17.3 Å². The Labute approximate surface area is 162 Å². The van der Waals surface area contributed by atoms with Crippen molar-refractivity contribution in [2.24, 2.45) is 10.9 Å². The van der Waals surface area contributed by atoms with E-state index in [-0.39, 0.29) is 0 Å². The van der Waals surface area contributed by atoms with Crippen LogP contribution >= 0.6 is 11.3 Å². The summed E-state index contributed by atoms with van der Waals surface area (Å²) < 4.78 is 6.20. The predicted octanol–water partition coefficient (Wildman–Crippen LogP) is 3.84. The molecule has 5 nitrogen and oxygen atoms in total. The van der Waals surface area contributed by atoms with Crippen molar-refractivity contribution in [3.8, 4) is 0 Å². The van der Waals surface area contributed by atoms with Gasteiger partial charge in [-0.05, 0) is 44.9 Å². The zero-order valence-corrected chi connectivity index (χ0v) is 17.2. The van der Waals surface area contributed by atoms with Gasteiger partial charge >= 0.3 is 0 Å². The summed E-state index contributed by atoms with van der Waals surface area (Å²) in [5, 5.41) is 4.55. The van der Waals surface area contributed by atoms with Crippen molar-refractivity contribution in [3.63, 3.8) is 0 Å². The summed E-state index contributed by atoms with van der Waals surface area (Å²) in [6, 6.07) is 0. The quantitative estimate of drug-likeness (QED) is 0.578. The molecule has 1 aromatic rings. The summed E-state index contributed by atoms with van der Waals surface area (Å²) in [7, 11) is 0. The molecule has 0 bridgehead atoms. The van der Waals surface area contributed by atoms with Crippen molar-refractivity contribution < 1.29 is 4.74 Å². The van der Waals surface area contributed by atoms with E-state index in [0.29, 0.717) is 12.6 Å². The topological polar surface area (TPSA) is 49.8 Å². The summed E-state index contributed by atoms with van der Waals surface area (Å²) in [6.45, 7) is 8.90.